The fraction of sp³-hybridized carbons (Fsp3) is 0.509. The zero-order valence-corrected chi connectivity index (χ0v) is 49.1. The van der Waals surface area contributed by atoms with Gasteiger partial charge in [-0.15, -0.1) is 0 Å². The molecule has 0 saturated heterocycles. The van der Waals surface area contributed by atoms with E-state index in [4.69, 9.17) is 27.8 Å². The molecule has 0 radical (unpaired) electrons. The molecule has 75 heavy (non-hydrogen) atoms. The van der Waals surface area contributed by atoms with Crippen LogP contribution in [-0.2, 0) is 56.1 Å². The molecule has 0 aromatic heterocycles. The van der Waals surface area contributed by atoms with Crippen molar-refractivity contribution < 1.29 is 47.0 Å². The highest BCUT2D eigenvalue weighted by molar-refractivity contribution is 6.74. The Balaban J connectivity index is 0.000000277. The molecule has 6 amide bonds. The van der Waals surface area contributed by atoms with Crippen LogP contribution < -0.4 is 31.1 Å². The molecule has 16 nitrogen and oxygen atoms in total. The van der Waals surface area contributed by atoms with Gasteiger partial charge in [0, 0.05) is 54.6 Å². The Hall–Kier alpha value is -5.45. The third kappa shape index (κ3) is 15.6. The molecule has 2 unspecified atom stereocenters. The minimum Gasteiger partial charge on any atom is -0.413 e. The van der Waals surface area contributed by atoms with Crippen LogP contribution in [0.1, 0.15) is 104 Å². The van der Waals surface area contributed by atoms with E-state index in [9.17, 15) is 19.2 Å². The number of rotatable bonds is 22. The Labute approximate surface area is 448 Å². The number of benzene rings is 4. The van der Waals surface area contributed by atoms with E-state index in [1.807, 2.05) is 125 Å². The van der Waals surface area contributed by atoms with Crippen LogP contribution in [0.4, 0.5) is 32.3 Å². The maximum absolute atomic E-state index is 13.6. The van der Waals surface area contributed by atoms with Crippen LogP contribution in [0.3, 0.4) is 0 Å². The molecule has 2 aliphatic heterocycles. The summed E-state index contributed by atoms with van der Waals surface area (Å²) in [5.74, 6) is -0.463. The van der Waals surface area contributed by atoms with Crippen molar-refractivity contribution in [3.63, 3.8) is 0 Å². The van der Waals surface area contributed by atoms with Crippen LogP contribution in [0.2, 0.25) is 36.3 Å². The van der Waals surface area contributed by atoms with Gasteiger partial charge in [0.05, 0.1) is 32.0 Å². The van der Waals surface area contributed by atoms with E-state index in [-0.39, 0.29) is 35.0 Å². The average Bonchev–Trinajstić information content (AvgIpc) is 3.71. The average molecular weight is 1070 g/mol. The SMILES string of the molecule is CCOC(CN1C(=O)C(C)(NC(=O)Nc2ccc(CO[Si](C)(C)C(C)(C)C)cc2)c2ccccc21)OCC.CCOC(CN1C(=O)C(NC(=O)Nc2ccc(CO[Si](C)(C)C(C)(C)C)cc2)c2ccccc21)OCC. The number of urea groups is 2. The number of nitrogens with zero attached hydrogens (tertiary/aromatic N) is 2. The van der Waals surface area contributed by atoms with Crippen LogP contribution in [-0.4, -0.2) is 92.6 Å². The van der Waals surface area contributed by atoms with Crippen LogP contribution in [0.25, 0.3) is 0 Å². The highest BCUT2D eigenvalue weighted by Gasteiger charge is 2.49. The van der Waals surface area contributed by atoms with E-state index in [1.54, 1.807) is 16.7 Å². The number of carbonyl (C=O) groups excluding carboxylic acids is 4. The predicted octanol–water partition coefficient (Wildman–Crippen LogP) is 11.8. The number of carbonyl (C=O) groups is 4. The molecule has 410 valence electrons. The van der Waals surface area contributed by atoms with Crippen molar-refractivity contribution in [2.45, 2.75) is 150 Å². The lowest BCUT2D eigenvalue weighted by atomic mass is 9.94. The zero-order chi connectivity index (χ0) is 55.4. The summed E-state index contributed by atoms with van der Waals surface area (Å²) >= 11 is 0. The molecule has 2 heterocycles. The fourth-order valence-corrected chi connectivity index (χ4v) is 9.93. The van der Waals surface area contributed by atoms with Crippen molar-refractivity contribution in [3.05, 3.63) is 119 Å². The standard InChI is InChI=1S/C29H43N3O5Si.C28H41N3O5Si/c1-9-35-25(36-10-2)19-32-24-14-12-11-13-23(24)29(6,26(32)33)31-27(34)30-22-17-15-21(16-18-22)20-37-38(7,8)28(3,4)5;1-8-34-24(35-9-2)18-31-23-13-11-10-12-22(23)25(26(31)32)30-27(33)29-21-16-14-20(15-17-21)19-36-37(6,7)28(3,4)5/h11-18,25H,9-10,19-20H2,1-8H3,(H2,30,31,34);10-17,24-25H,8-9,18-19H2,1-7H3,(H2,29,30,33). The monoisotopic (exact) mass is 1070 g/mol. The van der Waals surface area contributed by atoms with Gasteiger partial charge < -0.3 is 58.9 Å². The van der Waals surface area contributed by atoms with Gasteiger partial charge >= 0.3 is 12.1 Å². The van der Waals surface area contributed by atoms with Crippen molar-refractivity contribution >= 4 is 63.3 Å². The van der Waals surface area contributed by atoms with Gasteiger partial charge in [0.1, 0.15) is 11.6 Å². The summed E-state index contributed by atoms with van der Waals surface area (Å²) in [6.45, 7) is 34.9. The number of ether oxygens (including phenoxy) is 4. The molecule has 2 aliphatic rings. The van der Waals surface area contributed by atoms with E-state index in [0.717, 1.165) is 33.6 Å². The second-order valence-electron chi connectivity index (χ2n) is 21.8. The molecular weight excluding hydrogens is 985 g/mol. The number of nitrogens with one attached hydrogen (secondary N) is 4. The number of amides is 6. The van der Waals surface area contributed by atoms with E-state index in [0.29, 0.717) is 51.0 Å². The van der Waals surface area contributed by atoms with Gasteiger partial charge in [-0.3, -0.25) is 9.59 Å². The van der Waals surface area contributed by atoms with Crippen LogP contribution in [0, 0.1) is 0 Å². The molecule has 0 bridgehead atoms. The largest absolute Gasteiger partial charge is 0.413 e. The minimum absolute atomic E-state index is 0.140. The second kappa shape index (κ2) is 26.1. The van der Waals surface area contributed by atoms with Crippen LogP contribution >= 0.6 is 0 Å². The van der Waals surface area contributed by atoms with Crippen LogP contribution in [0.5, 0.6) is 0 Å². The Bertz CT molecular complexity index is 2520. The summed E-state index contributed by atoms with van der Waals surface area (Å²) in [4.78, 5) is 56.1. The summed E-state index contributed by atoms with van der Waals surface area (Å²) in [6.07, 6.45) is -1.10. The number of anilines is 4. The molecule has 18 heteroatoms. The lowest BCUT2D eigenvalue weighted by Gasteiger charge is -2.36. The van der Waals surface area contributed by atoms with Gasteiger partial charge in [-0.1, -0.05) is 102 Å². The van der Waals surface area contributed by atoms with E-state index in [1.165, 1.54) is 0 Å². The number of hydrogen-bond acceptors (Lipinski definition) is 10. The first-order valence-corrected chi connectivity index (χ1v) is 32.0. The third-order valence-corrected chi connectivity index (χ3v) is 23.4. The van der Waals surface area contributed by atoms with Crippen molar-refractivity contribution in [2.24, 2.45) is 0 Å². The highest BCUT2D eigenvalue weighted by Crippen LogP contribution is 2.42. The number of para-hydroxylation sites is 2. The van der Waals surface area contributed by atoms with Gasteiger partial charge in [-0.25, -0.2) is 9.59 Å². The number of fused-ring (bicyclic) bond motifs is 2. The summed E-state index contributed by atoms with van der Waals surface area (Å²) in [6, 6.07) is 28.4. The van der Waals surface area contributed by atoms with Crippen molar-refractivity contribution in [3.8, 4) is 0 Å². The first kappa shape index (κ1) is 60.4. The van der Waals surface area contributed by atoms with Crippen molar-refractivity contribution in [2.75, 3.05) is 60.0 Å². The van der Waals surface area contributed by atoms with Gasteiger partial charge in [-0.2, -0.15) is 0 Å². The fourth-order valence-electron chi connectivity index (χ4n) is 8.01. The van der Waals surface area contributed by atoms with Gasteiger partial charge in [0.15, 0.2) is 29.2 Å². The van der Waals surface area contributed by atoms with E-state index < -0.39 is 52.9 Å². The van der Waals surface area contributed by atoms with Gasteiger partial charge in [0.2, 0.25) is 0 Å². The Morgan fingerprint density at radius 1 is 0.587 bits per heavy atom. The summed E-state index contributed by atoms with van der Waals surface area (Å²) in [5, 5.41) is 11.7. The smallest absolute Gasteiger partial charge is 0.320 e. The molecule has 0 aliphatic carbocycles. The molecule has 4 aromatic carbocycles. The van der Waals surface area contributed by atoms with E-state index >= 15 is 0 Å². The number of hydrogen-bond donors (Lipinski definition) is 4. The normalized spacial score (nSPS) is 16.7. The van der Waals surface area contributed by atoms with Crippen LogP contribution in [0.15, 0.2) is 97.1 Å². The Kier molecular flexibility index (Phi) is 21.0. The zero-order valence-electron chi connectivity index (χ0n) is 47.1. The first-order valence-electron chi connectivity index (χ1n) is 26.2. The summed E-state index contributed by atoms with van der Waals surface area (Å²) < 4.78 is 35.2. The van der Waals surface area contributed by atoms with Crippen molar-refractivity contribution in [1.29, 1.82) is 0 Å². The molecule has 4 N–H and O–H groups in total. The maximum atomic E-state index is 13.6. The predicted molar refractivity (Wildman–Crippen MR) is 303 cm³/mol. The molecule has 0 saturated carbocycles. The molecule has 0 fully saturated rings. The molecule has 0 spiro atoms. The van der Waals surface area contributed by atoms with Crippen molar-refractivity contribution in [1.82, 2.24) is 10.6 Å². The Morgan fingerprint density at radius 2 is 1.00 bits per heavy atom. The Morgan fingerprint density at radius 3 is 1.45 bits per heavy atom. The third-order valence-electron chi connectivity index (χ3n) is 14.4. The lowest BCUT2D eigenvalue weighted by Crippen LogP contribution is -2.53. The molecular formula is C57H84N6O10Si2. The quantitative estimate of drug-likeness (QED) is 0.0437. The highest BCUT2D eigenvalue weighted by atomic mass is 28.4. The van der Waals surface area contributed by atoms with Gasteiger partial charge in [0.25, 0.3) is 11.8 Å². The summed E-state index contributed by atoms with van der Waals surface area (Å²) in [5.41, 5.74) is 5.07. The molecule has 2 atom stereocenters. The summed E-state index contributed by atoms with van der Waals surface area (Å²) in [7, 11) is -3.69. The lowest BCUT2D eigenvalue weighted by molar-refractivity contribution is -0.137. The molecule has 6 rings (SSSR count). The topological polar surface area (TPSA) is 178 Å². The minimum atomic E-state index is -1.85. The first-order chi connectivity index (χ1) is 35.3. The second-order valence-corrected chi connectivity index (χ2v) is 31.5. The van der Waals surface area contributed by atoms with Gasteiger partial charge in [-0.05, 0) is 118 Å². The molecule has 4 aromatic rings. The maximum Gasteiger partial charge on any atom is 0.320 e. The van der Waals surface area contributed by atoms with E-state index in [2.05, 4.69) is 89.0 Å².